The molecule has 1 saturated carbocycles. The minimum Gasteiger partial charge on any atom is -0.469 e. The molecule has 0 radical (unpaired) electrons. The van der Waals surface area contributed by atoms with Crippen LogP contribution in [-0.2, 0) is 19.1 Å². The summed E-state index contributed by atoms with van der Waals surface area (Å²) >= 11 is 0. The Morgan fingerprint density at radius 3 is 2.59 bits per heavy atom. The van der Waals surface area contributed by atoms with Crippen LogP contribution in [-0.4, -0.2) is 24.6 Å². The van der Waals surface area contributed by atoms with E-state index in [0.29, 0.717) is 5.92 Å². The molecule has 4 heteroatoms. The largest absolute Gasteiger partial charge is 0.469 e. The number of hydrogen-bond acceptors (Lipinski definition) is 4. The molecule has 0 unspecified atom stereocenters. The molecule has 0 amide bonds. The van der Waals surface area contributed by atoms with Gasteiger partial charge in [0, 0.05) is 12.8 Å². The Hall–Kier alpha value is -1.32. The molecule has 3 atom stereocenters. The molecule has 2 aliphatic rings. The fourth-order valence-electron chi connectivity index (χ4n) is 4.53. The highest BCUT2D eigenvalue weighted by Gasteiger charge is 2.55. The molecule has 0 aromatic carbocycles. The van der Waals surface area contributed by atoms with Crippen molar-refractivity contribution in [1.82, 2.24) is 0 Å². The van der Waals surface area contributed by atoms with Crippen LogP contribution < -0.4 is 0 Å². The molecule has 1 fully saturated rings. The second-order valence-electron chi connectivity index (χ2n) is 7.45. The predicted octanol–water partition coefficient (Wildman–Crippen LogP) is 3.64. The fraction of sp³-hybridized carbons (Fsp3) is 0.778. The summed E-state index contributed by atoms with van der Waals surface area (Å²) in [6, 6.07) is 0. The SMILES string of the molecule is COC(=O)C[C@]1(OC(C)=O)C(C)=CC[C@@H]2[C@H]1CCCC2(C)C. The van der Waals surface area contributed by atoms with Crippen LogP contribution in [0.2, 0.25) is 0 Å². The predicted molar refractivity (Wildman–Crippen MR) is 84.1 cm³/mol. The lowest BCUT2D eigenvalue weighted by Crippen LogP contribution is -2.54. The van der Waals surface area contributed by atoms with Crippen LogP contribution in [0.5, 0.6) is 0 Å². The average Bonchev–Trinajstić information content (AvgIpc) is 2.42. The molecule has 0 spiro atoms. The minimum atomic E-state index is -0.834. The lowest BCUT2D eigenvalue weighted by molar-refractivity contribution is -0.174. The zero-order valence-electron chi connectivity index (χ0n) is 14.4. The van der Waals surface area contributed by atoms with Gasteiger partial charge >= 0.3 is 11.9 Å². The van der Waals surface area contributed by atoms with Crippen molar-refractivity contribution in [3.63, 3.8) is 0 Å². The van der Waals surface area contributed by atoms with Crippen molar-refractivity contribution < 1.29 is 19.1 Å². The van der Waals surface area contributed by atoms with Crippen molar-refractivity contribution in [2.45, 2.75) is 65.4 Å². The van der Waals surface area contributed by atoms with Crippen LogP contribution in [0.4, 0.5) is 0 Å². The third kappa shape index (κ3) is 2.92. The van der Waals surface area contributed by atoms with Crippen molar-refractivity contribution in [3.8, 4) is 0 Å². The lowest BCUT2D eigenvalue weighted by atomic mass is 9.54. The molecular weight excluding hydrogens is 280 g/mol. The van der Waals surface area contributed by atoms with Gasteiger partial charge in [0.15, 0.2) is 0 Å². The monoisotopic (exact) mass is 308 g/mol. The first-order chi connectivity index (χ1) is 10.2. The maximum absolute atomic E-state index is 12.0. The van der Waals surface area contributed by atoms with Crippen molar-refractivity contribution in [3.05, 3.63) is 11.6 Å². The normalized spacial score (nSPS) is 33.4. The van der Waals surface area contributed by atoms with Crippen LogP contribution in [0, 0.1) is 17.3 Å². The maximum atomic E-state index is 12.0. The van der Waals surface area contributed by atoms with Gasteiger partial charge < -0.3 is 9.47 Å². The van der Waals surface area contributed by atoms with Crippen molar-refractivity contribution in [1.29, 1.82) is 0 Å². The number of rotatable bonds is 3. The van der Waals surface area contributed by atoms with Gasteiger partial charge in [-0.1, -0.05) is 26.3 Å². The van der Waals surface area contributed by atoms with Crippen LogP contribution in [0.1, 0.15) is 59.8 Å². The Balaban J connectivity index is 2.47. The molecule has 0 aromatic rings. The summed E-state index contributed by atoms with van der Waals surface area (Å²) in [6.07, 6.45) is 6.53. The quantitative estimate of drug-likeness (QED) is 0.590. The number of carbonyl (C=O) groups is 2. The van der Waals surface area contributed by atoms with Crippen LogP contribution in [0.15, 0.2) is 11.6 Å². The van der Waals surface area contributed by atoms with Crippen LogP contribution >= 0.6 is 0 Å². The number of carbonyl (C=O) groups excluding carboxylic acids is 2. The summed E-state index contributed by atoms with van der Waals surface area (Å²) < 4.78 is 10.7. The molecular formula is C18H28O4. The molecule has 0 saturated heterocycles. The van der Waals surface area contributed by atoms with E-state index in [1.54, 1.807) is 0 Å². The van der Waals surface area contributed by atoms with Gasteiger partial charge in [-0.2, -0.15) is 0 Å². The van der Waals surface area contributed by atoms with Crippen LogP contribution in [0.25, 0.3) is 0 Å². The maximum Gasteiger partial charge on any atom is 0.309 e. The van der Waals surface area contributed by atoms with Gasteiger partial charge in [0.05, 0.1) is 13.5 Å². The van der Waals surface area contributed by atoms with Gasteiger partial charge in [0.2, 0.25) is 0 Å². The molecule has 2 rings (SSSR count). The topological polar surface area (TPSA) is 52.6 Å². The van der Waals surface area contributed by atoms with Crippen molar-refractivity contribution in [2.75, 3.05) is 7.11 Å². The molecule has 0 aromatic heterocycles. The van der Waals surface area contributed by atoms with Gasteiger partial charge in [-0.25, -0.2) is 0 Å². The molecule has 4 nitrogen and oxygen atoms in total. The molecule has 2 aliphatic carbocycles. The summed E-state index contributed by atoms with van der Waals surface area (Å²) in [5, 5.41) is 0. The van der Waals surface area contributed by atoms with Gasteiger partial charge in [0.1, 0.15) is 5.60 Å². The number of allylic oxidation sites excluding steroid dienone is 1. The highest BCUT2D eigenvalue weighted by Crippen LogP contribution is 2.55. The number of esters is 2. The Morgan fingerprint density at radius 1 is 1.32 bits per heavy atom. The standard InChI is InChI=1S/C18H28O4/c1-12-8-9-14-15(7-6-10-17(14,3)4)18(12,22-13(2)19)11-16(20)21-5/h8,14-15H,6-7,9-11H2,1-5H3/t14-,15-,18+/m1/s1. The van der Waals surface area contributed by atoms with E-state index < -0.39 is 5.60 Å². The van der Waals surface area contributed by atoms with Gasteiger partial charge in [-0.15, -0.1) is 0 Å². The Kier molecular flexibility index (Phi) is 4.69. The van der Waals surface area contributed by atoms with E-state index >= 15 is 0 Å². The number of fused-ring (bicyclic) bond motifs is 1. The van der Waals surface area contributed by atoms with E-state index in [1.165, 1.54) is 20.5 Å². The van der Waals surface area contributed by atoms with E-state index in [-0.39, 0.29) is 29.7 Å². The molecule has 124 valence electrons. The van der Waals surface area contributed by atoms with E-state index in [4.69, 9.17) is 9.47 Å². The third-order valence-electron chi connectivity index (χ3n) is 5.73. The van der Waals surface area contributed by atoms with Gasteiger partial charge in [-0.05, 0) is 43.1 Å². The Morgan fingerprint density at radius 2 is 2.00 bits per heavy atom. The zero-order valence-corrected chi connectivity index (χ0v) is 14.4. The Labute approximate surface area is 133 Å². The van der Waals surface area contributed by atoms with Crippen molar-refractivity contribution >= 4 is 11.9 Å². The lowest BCUT2D eigenvalue weighted by Gasteiger charge is -2.54. The summed E-state index contributed by atoms with van der Waals surface area (Å²) in [5.74, 6) is -0.0445. The smallest absolute Gasteiger partial charge is 0.309 e. The molecule has 0 heterocycles. The third-order valence-corrected chi connectivity index (χ3v) is 5.73. The second-order valence-corrected chi connectivity index (χ2v) is 7.45. The molecule has 0 aliphatic heterocycles. The number of ether oxygens (including phenoxy) is 2. The molecule has 0 bridgehead atoms. The molecule has 22 heavy (non-hydrogen) atoms. The summed E-state index contributed by atoms with van der Waals surface area (Å²) in [5.41, 5.74) is 0.355. The fourth-order valence-corrected chi connectivity index (χ4v) is 4.53. The highest BCUT2D eigenvalue weighted by atomic mass is 16.6. The van der Waals surface area contributed by atoms with Crippen LogP contribution in [0.3, 0.4) is 0 Å². The zero-order chi connectivity index (χ0) is 16.5. The summed E-state index contributed by atoms with van der Waals surface area (Å²) in [7, 11) is 1.38. The Bertz CT molecular complexity index is 491. The van der Waals surface area contributed by atoms with E-state index in [1.807, 2.05) is 6.92 Å². The number of hydrogen-bond donors (Lipinski definition) is 0. The van der Waals surface area contributed by atoms with E-state index in [9.17, 15) is 9.59 Å². The van der Waals surface area contributed by atoms with Gasteiger partial charge in [0.25, 0.3) is 0 Å². The van der Waals surface area contributed by atoms with E-state index in [2.05, 4.69) is 19.9 Å². The summed E-state index contributed by atoms with van der Waals surface area (Å²) in [6.45, 7) is 7.97. The highest BCUT2D eigenvalue weighted by molar-refractivity contribution is 5.74. The van der Waals surface area contributed by atoms with E-state index in [0.717, 1.165) is 24.8 Å². The van der Waals surface area contributed by atoms with Gasteiger partial charge in [-0.3, -0.25) is 9.59 Å². The molecule has 0 N–H and O–H groups in total. The minimum absolute atomic E-state index is 0.114. The number of methoxy groups -OCH3 is 1. The first kappa shape index (κ1) is 17.0. The first-order valence-electron chi connectivity index (χ1n) is 8.16. The average molecular weight is 308 g/mol. The second kappa shape index (κ2) is 6.05. The summed E-state index contributed by atoms with van der Waals surface area (Å²) in [4.78, 5) is 23.8. The first-order valence-corrected chi connectivity index (χ1v) is 8.16. The van der Waals surface area contributed by atoms with Crippen molar-refractivity contribution in [2.24, 2.45) is 17.3 Å².